The summed E-state index contributed by atoms with van der Waals surface area (Å²) in [4.78, 5) is 17.0. The van der Waals surface area contributed by atoms with E-state index in [1.807, 2.05) is 38.1 Å². The van der Waals surface area contributed by atoms with Crippen LogP contribution >= 0.6 is 23.1 Å². The second kappa shape index (κ2) is 11.3. The van der Waals surface area contributed by atoms with E-state index in [0.717, 1.165) is 47.5 Å². The lowest BCUT2D eigenvalue weighted by molar-refractivity contribution is -0.145. The van der Waals surface area contributed by atoms with Crippen LogP contribution in [0.5, 0.6) is 5.75 Å². The lowest BCUT2D eigenvalue weighted by atomic mass is 9.96. The van der Waals surface area contributed by atoms with Crippen molar-refractivity contribution >= 4 is 29.1 Å². The quantitative estimate of drug-likeness (QED) is 0.380. The van der Waals surface area contributed by atoms with Gasteiger partial charge in [0.15, 0.2) is 5.82 Å². The first-order chi connectivity index (χ1) is 16.5. The third kappa shape index (κ3) is 5.77. The van der Waals surface area contributed by atoms with Crippen LogP contribution in [0, 0.1) is 0 Å². The zero-order chi connectivity index (χ0) is 24.1. The molecule has 2 heterocycles. The molecule has 180 valence electrons. The van der Waals surface area contributed by atoms with Gasteiger partial charge in [-0.3, -0.25) is 4.79 Å². The van der Waals surface area contributed by atoms with E-state index in [-0.39, 0.29) is 18.1 Å². The normalized spacial score (nSPS) is 15.6. The van der Waals surface area contributed by atoms with Crippen molar-refractivity contribution in [3.63, 3.8) is 0 Å². The molecular weight excluding hydrogens is 470 g/mol. The van der Waals surface area contributed by atoms with Crippen molar-refractivity contribution in [2.24, 2.45) is 0 Å². The smallest absolute Gasteiger partial charge is 0.323 e. The maximum absolute atomic E-state index is 12.2. The molecule has 0 radical (unpaired) electrons. The van der Waals surface area contributed by atoms with Crippen LogP contribution in [0.3, 0.4) is 0 Å². The Kier molecular flexibility index (Phi) is 8.19. The molecule has 1 N–H and O–H groups in total. The van der Waals surface area contributed by atoms with Crippen LogP contribution < -0.4 is 10.1 Å². The van der Waals surface area contributed by atoms with Gasteiger partial charge in [0.25, 0.3) is 0 Å². The predicted octanol–water partition coefficient (Wildman–Crippen LogP) is 5.71. The van der Waals surface area contributed by atoms with Gasteiger partial charge in [-0.05, 0) is 80.5 Å². The van der Waals surface area contributed by atoms with Crippen molar-refractivity contribution < 1.29 is 14.3 Å². The van der Waals surface area contributed by atoms with Gasteiger partial charge in [-0.25, -0.2) is 4.98 Å². The van der Waals surface area contributed by atoms with Gasteiger partial charge in [0.05, 0.1) is 17.7 Å². The van der Waals surface area contributed by atoms with E-state index in [1.165, 1.54) is 17.1 Å². The minimum Gasteiger partial charge on any atom is -0.489 e. The van der Waals surface area contributed by atoms with E-state index in [4.69, 9.17) is 26.1 Å². The molecule has 1 aliphatic rings. The number of hydrogen-bond donors (Lipinski definition) is 1. The molecule has 1 fully saturated rings. The second-order valence-electron chi connectivity index (χ2n) is 8.60. The molecule has 0 amide bonds. The van der Waals surface area contributed by atoms with Crippen molar-refractivity contribution in [2.45, 2.75) is 58.6 Å². The maximum atomic E-state index is 12.2. The van der Waals surface area contributed by atoms with Crippen LogP contribution in [0.1, 0.15) is 44.7 Å². The molecule has 0 bridgehead atoms. The van der Waals surface area contributed by atoms with Gasteiger partial charge in [-0.15, -0.1) is 0 Å². The number of aromatic nitrogens is 2. The van der Waals surface area contributed by atoms with Crippen molar-refractivity contribution in [3.8, 4) is 27.7 Å². The Labute approximate surface area is 209 Å². The summed E-state index contributed by atoms with van der Waals surface area (Å²) >= 11 is 7.77. The van der Waals surface area contributed by atoms with E-state index in [0.29, 0.717) is 29.6 Å². The fourth-order valence-corrected chi connectivity index (χ4v) is 5.07. The zero-order valence-corrected chi connectivity index (χ0v) is 21.3. The molecule has 6 nitrogen and oxygen atoms in total. The van der Waals surface area contributed by atoms with Crippen molar-refractivity contribution in [2.75, 3.05) is 13.2 Å². The van der Waals surface area contributed by atoms with Crippen molar-refractivity contribution in [1.82, 2.24) is 14.7 Å². The molecular formula is C26H30ClN3O3S. The average molecular weight is 500 g/mol. The monoisotopic (exact) mass is 499 g/mol. The number of rotatable bonds is 9. The summed E-state index contributed by atoms with van der Waals surface area (Å²) in [6.45, 7) is 7.31. The molecule has 1 saturated heterocycles. The van der Waals surface area contributed by atoms with Gasteiger partial charge in [-0.1, -0.05) is 36.7 Å². The summed E-state index contributed by atoms with van der Waals surface area (Å²) in [7, 11) is 0. The van der Waals surface area contributed by atoms with E-state index in [1.54, 1.807) is 0 Å². The third-order valence-corrected chi connectivity index (χ3v) is 6.86. The standard InChI is InChI=1S/C26H30ClN3O3S/c1-4-19-17(12-14-32-26(31)22-9-6-13-28-22)7-5-8-20(19)24-29-25(34-30-24)18-10-11-23(21(27)15-18)33-16(2)3/h5,7-8,10-11,15-16,22,28H,4,6,9,12-14H2,1-3H3/t22-/m1/s1. The topological polar surface area (TPSA) is 73.3 Å². The van der Waals surface area contributed by atoms with Gasteiger partial charge in [0, 0.05) is 17.5 Å². The summed E-state index contributed by atoms with van der Waals surface area (Å²) in [5, 5.41) is 4.54. The summed E-state index contributed by atoms with van der Waals surface area (Å²) in [5.41, 5.74) is 4.26. The van der Waals surface area contributed by atoms with E-state index < -0.39 is 0 Å². The largest absolute Gasteiger partial charge is 0.489 e. The van der Waals surface area contributed by atoms with Gasteiger partial charge in [0.2, 0.25) is 0 Å². The minimum atomic E-state index is -0.158. The molecule has 8 heteroatoms. The number of benzene rings is 2. The van der Waals surface area contributed by atoms with Crippen molar-refractivity contribution in [1.29, 1.82) is 0 Å². The molecule has 3 aromatic rings. The van der Waals surface area contributed by atoms with E-state index in [2.05, 4.69) is 28.7 Å². The summed E-state index contributed by atoms with van der Waals surface area (Å²) < 4.78 is 15.9. The molecule has 34 heavy (non-hydrogen) atoms. The fraction of sp³-hybridized carbons (Fsp3) is 0.423. The highest BCUT2D eigenvalue weighted by Gasteiger charge is 2.23. The Morgan fingerprint density at radius 2 is 2.15 bits per heavy atom. The lowest BCUT2D eigenvalue weighted by Gasteiger charge is -2.14. The van der Waals surface area contributed by atoms with E-state index in [9.17, 15) is 4.79 Å². The molecule has 1 atom stereocenters. The first kappa shape index (κ1) is 24.6. The Balaban J connectivity index is 1.49. The number of esters is 1. The van der Waals surface area contributed by atoms with Gasteiger partial charge < -0.3 is 14.8 Å². The molecule has 0 unspecified atom stereocenters. The van der Waals surface area contributed by atoms with Crippen LogP contribution in [-0.4, -0.2) is 40.6 Å². The molecule has 0 saturated carbocycles. The minimum absolute atomic E-state index is 0.0547. The first-order valence-electron chi connectivity index (χ1n) is 11.8. The number of carbonyl (C=O) groups excluding carboxylic acids is 1. The number of hydrogen-bond acceptors (Lipinski definition) is 7. The highest BCUT2D eigenvalue weighted by atomic mass is 35.5. The number of ether oxygens (including phenoxy) is 2. The Bertz CT molecular complexity index is 1140. The number of nitrogens with zero attached hydrogens (tertiary/aromatic N) is 2. The number of nitrogens with one attached hydrogen (secondary N) is 1. The molecule has 2 aromatic carbocycles. The molecule has 1 aromatic heterocycles. The highest BCUT2D eigenvalue weighted by molar-refractivity contribution is 7.09. The Hall–Kier alpha value is -2.48. The Morgan fingerprint density at radius 1 is 1.29 bits per heavy atom. The van der Waals surface area contributed by atoms with Crippen molar-refractivity contribution in [3.05, 3.63) is 52.5 Å². The fourth-order valence-electron chi connectivity index (χ4n) is 4.18. The average Bonchev–Trinajstić information content (AvgIpc) is 3.52. The van der Waals surface area contributed by atoms with Gasteiger partial charge in [-0.2, -0.15) is 4.37 Å². The predicted molar refractivity (Wildman–Crippen MR) is 137 cm³/mol. The number of carbonyl (C=O) groups is 1. The maximum Gasteiger partial charge on any atom is 0.323 e. The summed E-state index contributed by atoms with van der Waals surface area (Å²) in [6, 6.07) is 11.7. The Morgan fingerprint density at radius 3 is 2.85 bits per heavy atom. The second-order valence-corrected chi connectivity index (χ2v) is 9.76. The van der Waals surface area contributed by atoms with Crippen LogP contribution in [0.2, 0.25) is 5.02 Å². The molecule has 0 aliphatic carbocycles. The highest BCUT2D eigenvalue weighted by Crippen LogP contribution is 2.34. The SMILES string of the molecule is CCc1c(CCOC(=O)[C@H]2CCCN2)cccc1-c1nsc(-c2ccc(OC(C)C)c(Cl)c2)n1. The van der Waals surface area contributed by atoms with Crippen LogP contribution in [0.25, 0.3) is 22.0 Å². The van der Waals surface area contributed by atoms with Crippen LogP contribution in [-0.2, 0) is 22.4 Å². The molecule has 1 aliphatic heterocycles. The van der Waals surface area contributed by atoms with E-state index >= 15 is 0 Å². The summed E-state index contributed by atoms with van der Waals surface area (Å²) in [6.07, 6.45) is 3.43. The first-order valence-corrected chi connectivity index (χ1v) is 12.9. The van der Waals surface area contributed by atoms with Crippen LogP contribution in [0.4, 0.5) is 0 Å². The lowest BCUT2D eigenvalue weighted by Crippen LogP contribution is -2.32. The van der Waals surface area contributed by atoms with Crippen LogP contribution in [0.15, 0.2) is 36.4 Å². The molecule has 4 rings (SSSR count). The number of halogens is 1. The molecule has 0 spiro atoms. The van der Waals surface area contributed by atoms with Gasteiger partial charge >= 0.3 is 5.97 Å². The summed E-state index contributed by atoms with van der Waals surface area (Å²) in [5.74, 6) is 1.21. The zero-order valence-electron chi connectivity index (χ0n) is 19.8. The third-order valence-electron chi connectivity index (χ3n) is 5.80. The van der Waals surface area contributed by atoms with Gasteiger partial charge in [0.1, 0.15) is 16.8 Å².